The fourth-order valence-electron chi connectivity index (χ4n) is 1.71. The standard InChI is InChI=1S/C13H13F3N2OS/c1-8(9-6-4-3-5-7-9)17-11-18-10(19)12(2,20-11)13(14,15)16/h3-8H,1-2H3,(H,17,18,19)/t8-,12-/m0/s1. The van der Waals surface area contributed by atoms with Gasteiger partial charge in [0.1, 0.15) is 0 Å². The molecular formula is C13H13F3N2OS. The van der Waals surface area contributed by atoms with Crippen molar-refractivity contribution in [2.24, 2.45) is 4.99 Å². The summed E-state index contributed by atoms with van der Waals surface area (Å²) >= 11 is 0.415. The number of hydrogen-bond acceptors (Lipinski definition) is 3. The number of halogens is 3. The number of benzene rings is 1. The molecule has 1 aliphatic rings. The maximum Gasteiger partial charge on any atom is 0.412 e. The summed E-state index contributed by atoms with van der Waals surface area (Å²) in [5.74, 6) is -1.17. The minimum absolute atomic E-state index is 0.00572. The number of amides is 1. The van der Waals surface area contributed by atoms with E-state index < -0.39 is 16.8 Å². The maximum atomic E-state index is 12.9. The molecule has 1 heterocycles. The molecule has 1 aromatic rings. The van der Waals surface area contributed by atoms with Crippen LogP contribution in [-0.2, 0) is 4.79 Å². The van der Waals surface area contributed by atoms with Gasteiger partial charge in [-0.1, -0.05) is 42.1 Å². The summed E-state index contributed by atoms with van der Waals surface area (Å²) in [7, 11) is 0. The molecule has 0 radical (unpaired) electrons. The highest BCUT2D eigenvalue weighted by atomic mass is 32.2. The van der Waals surface area contributed by atoms with Crippen molar-refractivity contribution in [3.63, 3.8) is 0 Å². The predicted octanol–water partition coefficient (Wildman–Crippen LogP) is 3.29. The molecule has 1 aliphatic heterocycles. The lowest BCUT2D eigenvalue weighted by Crippen LogP contribution is -2.44. The van der Waals surface area contributed by atoms with Crippen molar-refractivity contribution in [1.82, 2.24) is 5.32 Å². The molecule has 20 heavy (non-hydrogen) atoms. The maximum absolute atomic E-state index is 12.9. The largest absolute Gasteiger partial charge is 0.412 e. The van der Waals surface area contributed by atoms with Crippen molar-refractivity contribution in [3.05, 3.63) is 35.9 Å². The Kier molecular flexibility index (Phi) is 3.82. The number of aliphatic imine (C=N–C) groups is 1. The van der Waals surface area contributed by atoms with Crippen molar-refractivity contribution >= 4 is 22.8 Å². The molecule has 2 atom stereocenters. The van der Waals surface area contributed by atoms with Gasteiger partial charge in [-0.3, -0.25) is 4.79 Å². The third-order valence-electron chi connectivity index (χ3n) is 3.09. The van der Waals surface area contributed by atoms with Crippen LogP contribution in [0.3, 0.4) is 0 Å². The summed E-state index contributed by atoms with van der Waals surface area (Å²) < 4.78 is 36.2. The molecule has 1 amide bonds. The fourth-order valence-corrected chi connectivity index (χ4v) is 2.71. The smallest absolute Gasteiger partial charge is 0.358 e. The van der Waals surface area contributed by atoms with Gasteiger partial charge in [0.15, 0.2) is 9.91 Å². The highest BCUT2D eigenvalue weighted by molar-refractivity contribution is 8.16. The Labute approximate surface area is 118 Å². The Morgan fingerprint density at radius 2 is 1.90 bits per heavy atom. The molecule has 0 unspecified atom stereocenters. The Morgan fingerprint density at radius 1 is 1.30 bits per heavy atom. The van der Waals surface area contributed by atoms with E-state index in [1.807, 2.05) is 30.3 Å². The van der Waals surface area contributed by atoms with Gasteiger partial charge in [0, 0.05) is 0 Å². The number of carbonyl (C=O) groups is 1. The molecule has 0 bridgehead atoms. The molecule has 0 aliphatic carbocycles. The summed E-state index contributed by atoms with van der Waals surface area (Å²) in [5.41, 5.74) is 0.906. The highest BCUT2D eigenvalue weighted by Gasteiger charge is 2.61. The molecule has 2 rings (SSSR count). The second-order valence-electron chi connectivity index (χ2n) is 4.63. The van der Waals surface area contributed by atoms with Crippen molar-refractivity contribution in [3.8, 4) is 0 Å². The average Bonchev–Trinajstić information content (AvgIpc) is 2.66. The molecule has 0 saturated carbocycles. The van der Waals surface area contributed by atoms with Crippen molar-refractivity contribution in [2.45, 2.75) is 30.8 Å². The van der Waals surface area contributed by atoms with Gasteiger partial charge in [0.05, 0.1) is 6.04 Å². The zero-order valence-electron chi connectivity index (χ0n) is 10.9. The van der Waals surface area contributed by atoms with Crippen LogP contribution in [0.5, 0.6) is 0 Å². The van der Waals surface area contributed by atoms with E-state index in [1.54, 1.807) is 6.92 Å². The van der Waals surface area contributed by atoms with Gasteiger partial charge in [0.25, 0.3) is 5.91 Å². The molecule has 7 heteroatoms. The van der Waals surface area contributed by atoms with Gasteiger partial charge >= 0.3 is 6.18 Å². The van der Waals surface area contributed by atoms with Crippen LogP contribution in [0.2, 0.25) is 0 Å². The van der Waals surface area contributed by atoms with Crippen LogP contribution in [-0.4, -0.2) is 22.0 Å². The van der Waals surface area contributed by atoms with E-state index in [2.05, 4.69) is 10.3 Å². The molecule has 0 spiro atoms. The first-order chi connectivity index (χ1) is 9.24. The number of hydrogen-bond donors (Lipinski definition) is 1. The van der Waals surface area contributed by atoms with Crippen LogP contribution in [0.15, 0.2) is 35.3 Å². The molecule has 0 saturated heterocycles. The minimum atomic E-state index is -4.63. The van der Waals surface area contributed by atoms with Gasteiger partial charge in [-0.2, -0.15) is 18.2 Å². The van der Waals surface area contributed by atoms with E-state index in [0.717, 1.165) is 12.5 Å². The second-order valence-corrected chi connectivity index (χ2v) is 6.04. The van der Waals surface area contributed by atoms with Gasteiger partial charge in [-0.15, -0.1) is 0 Å². The fraction of sp³-hybridized carbons (Fsp3) is 0.385. The zero-order chi connectivity index (χ0) is 15.0. The lowest BCUT2D eigenvalue weighted by Gasteiger charge is -2.23. The molecule has 3 nitrogen and oxygen atoms in total. The predicted molar refractivity (Wildman–Crippen MR) is 72.5 cm³/mol. The third-order valence-corrected chi connectivity index (χ3v) is 4.31. The number of alkyl halides is 3. The Balaban J connectivity index is 2.10. The quantitative estimate of drug-likeness (QED) is 0.911. The number of amidine groups is 1. The molecule has 0 fully saturated rings. The number of nitrogens with one attached hydrogen (secondary N) is 1. The summed E-state index contributed by atoms with van der Waals surface area (Å²) in [6.45, 7) is 2.65. The van der Waals surface area contributed by atoms with Crippen LogP contribution in [0.1, 0.15) is 25.5 Å². The number of nitrogens with zero attached hydrogens (tertiary/aromatic N) is 1. The number of thioether (sulfide) groups is 1. The van der Waals surface area contributed by atoms with E-state index in [1.165, 1.54) is 0 Å². The third kappa shape index (κ3) is 2.67. The van der Waals surface area contributed by atoms with Crippen molar-refractivity contribution in [1.29, 1.82) is 0 Å². The van der Waals surface area contributed by atoms with Crippen LogP contribution in [0, 0.1) is 0 Å². The highest BCUT2D eigenvalue weighted by Crippen LogP contribution is 2.46. The van der Waals surface area contributed by atoms with E-state index in [0.29, 0.717) is 11.8 Å². The zero-order valence-corrected chi connectivity index (χ0v) is 11.7. The summed E-state index contributed by atoms with van der Waals surface area (Å²) in [4.78, 5) is 15.0. The van der Waals surface area contributed by atoms with Gasteiger partial charge in [-0.25, -0.2) is 0 Å². The Hall–Kier alpha value is -1.50. The molecule has 0 aromatic heterocycles. The first-order valence-corrected chi connectivity index (χ1v) is 6.76. The molecule has 1 N–H and O–H groups in total. The SMILES string of the molecule is C[C@H](NC1=NC(=O)[C@@](C)(C(F)(F)F)S1)c1ccccc1. The number of carbonyl (C=O) groups excluding carboxylic acids is 1. The van der Waals surface area contributed by atoms with E-state index in [-0.39, 0.29) is 11.2 Å². The summed E-state index contributed by atoms with van der Waals surface area (Å²) in [5, 5.41) is 2.85. The monoisotopic (exact) mass is 302 g/mol. The van der Waals surface area contributed by atoms with Crippen molar-refractivity contribution in [2.75, 3.05) is 0 Å². The Morgan fingerprint density at radius 3 is 2.40 bits per heavy atom. The van der Waals surface area contributed by atoms with Crippen LogP contribution >= 0.6 is 11.8 Å². The van der Waals surface area contributed by atoms with Crippen molar-refractivity contribution < 1.29 is 18.0 Å². The van der Waals surface area contributed by atoms with E-state index >= 15 is 0 Å². The summed E-state index contributed by atoms with van der Waals surface area (Å²) in [6, 6.07) is 8.99. The number of rotatable bonds is 2. The van der Waals surface area contributed by atoms with Crippen LogP contribution < -0.4 is 5.32 Å². The first kappa shape index (κ1) is 14.9. The minimum Gasteiger partial charge on any atom is -0.358 e. The summed E-state index contributed by atoms with van der Waals surface area (Å²) in [6.07, 6.45) is -4.63. The normalized spacial score (nSPS) is 24.4. The lowest BCUT2D eigenvalue weighted by atomic mass is 10.1. The van der Waals surface area contributed by atoms with Gasteiger partial charge in [-0.05, 0) is 19.4 Å². The molecular weight excluding hydrogens is 289 g/mol. The molecule has 108 valence electrons. The lowest BCUT2D eigenvalue weighted by molar-refractivity contribution is -0.165. The topological polar surface area (TPSA) is 41.5 Å². The van der Waals surface area contributed by atoms with E-state index in [9.17, 15) is 18.0 Å². The second kappa shape index (κ2) is 5.12. The Bertz CT molecular complexity index is 544. The average molecular weight is 302 g/mol. The van der Waals surface area contributed by atoms with Crippen LogP contribution in [0.25, 0.3) is 0 Å². The van der Waals surface area contributed by atoms with Gasteiger partial charge in [0.2, 0.25) is 0 Å². The van der Waals surface area contributed by atoms with Gasteiger partial charge < -0.3 is 5.32 Å². The van der Waals surface area contributed by atoms with Crippen LogP contribution in [0.4, 0.5) is 13.2 Å². The first-order valence-electron chi connectivity index (χ1n) is 5.94. The van der Waals surface area contributed by atoms with E-state index in [4.69, 9.17) is 0 Å². The molecule has 1 aromatic carbocycles.